The van der Waals surface area contributed by atoms with Gasteiger partial charge >= 0.3 is 5.97 Å². The summed E-state index contributed by atoms with van der Waals surface area (Å²) in [4.78, 5) is 10.3. The lowest BCUT2D eigenvalue weighted by Gasteiger charge is -2.09. The van der Waals surface area contributed by atoms with Crippen LogP contribution < -0.4 is 11.1 Å². The van der Waals surface area contributed by atoms with E-state index in [1.165, 1.54) is 0 Å². The smallest absolute Gasteiger partial charge is 0.320 e. The zero-order chi connectivity index (χ0) is 9.56. The minimum atomic E-state index is -0.917. The molecule has 0 spiro atoms. The Kier molecular flexibility index (Phi) is 5.66. The number of nitrogens with two attached hydrogens (primary N) is 1. The van der Waals surface area contributed by atoms with Gasteiger partial charge in [-0.15, -0.1) is 0 Å². The zero-order valence-corrected chi connectivity index (χ0v) is 7.71. The number of aliphatic carboxylic acids is 1. The summed E-state index contributed by atoms with van der Waals surface area (Å²) in [5.41, 5.74) is 5.31. The Morgan fingerprint density at radius 1 is 1.58 bits per heavy atom. The second kappa shape index (κ2) is 5.97. The lowest BCUT2D eigenvalue weighted by atomic mass is 10.1. The van der Waals surface area contributed by atoms with E-state index in [0.717, 1.165) is 13.0 Å². The van der Waals surface area contributed by atoms with Gasteiger partial charge in [0, 0.05) is 6.04 Å². The Labute approximate surface area is 73.1 Å². The second-order valence-corrected chi connectivity index (χ2v) is 3.20. The quantitative estimate of drug-likeness (QED) is 0.502. The van der Waals surface area contributed by atoms with E-state index in [4.69, 9.17) is 10.8 Å². The molecule has 0 aromatic carbocycles. The van der Waals surface area contributed by atoms with Gasteiger partial charge in [0.05, 0.1) is 0 Å². The first-order valence-electron chi connectivity index (χ1n) is 4.25. The van der Waals surface area contributed by atoms with E-state index < -0.39 is 12.0 Å². The van der Waals surface area contributed by atoms with E-state index in [1.54, 1.807) is 0 Å². The highest BCUT2D eigenvalue weighted by Gasteiger charge is 2.09. The maximum atomic E-state index is 10.3. The first-order valence-corrected chi connectivity index (χ1v) is 4.25. The number of carbonyl (C=O) groups is 1. The Morgan fingerprint density at radius 3 is 2.58 bits per heavy atom. The van der Waals surface area contributed by atoms with E-state index >= 15 is 0 Å². The van der Waals surface area contributed by atoms with Gasteiger partial charge in [0.25, 0.3) is 0 Å². The molecule has 4 N–H and O–H groups in total. The topological polar surface area (TPSA) is 75.3 Å². The van der Waals surface area contributed by atoms with Gasteiger partial charge in [0.2, 0.25) is 0 Å². The molecule has 0 saturated carbocycles. The van der Waals surface area contributed by atoms with E-state index in [0.29, 0.717) is 12.5 Å². The van der Waals surface area contributed by atoms with Gasteiger partial charge in [-0.2, -0.15) is 0 Å². The fraction of sp³-hybridized carbons (Fsp3) is 0.875. The number of hydrogen-bond acceptors (Lipinski definition) is 3. The van der Waals surface area contributed by atoms with Crippen LogP contribution in [0.5, 0.6) is 0 Å². The normalized spacial score (nSPS) is 13.3. The number of carboxylic acid groups (broad SMARTS) is 1. The van der Waals surface area contributed by atoms with Crippen LogP contribution >= 0.6 is 0 Å². The predicted molar refractivity (Wildman–Crippen MR) is 48.0 cm³/mol. The van der Waals surface area contributed by atoms with Crippen LogP contribution in [0.2, 0.25) is 0 Å². The minimum absolute atomic E-state index is 0.450. The summed E-state index contributed by atoms with van der Waals surface area (Å²) < 4.78 is 0. The molecule has 4 heteroatoms. The third kappa shape index (κ3) is 6.12. The molecule has 0 saturated heterocycles. The number of nitrogens with one attached hydrogen (secondary N) is 1. The van der Waals surface area contributed by atoms with Gasteiger partial charge < -0.3 is 16.2 Å². The Morgan fingerprint density at radius 2 is 2.17 bits per heavy atom. The minimum Gasteiger partial charge on any atom is -0.480 e. The van der Waals surface area contributed by atoms with Crippen molar-refractivity contribution in [2.75, 3.05) is 6.54 Å². The molecule has 0 fully saturated rings. The molecule has 0 heterocycles. The molecule has 1 atom stereocenters. The first-order chi connectivity index (χ1) is 5.54. The Balaban J connectivity index is 3.25. The predicted octanol–water partition coefficient (Wildman–Crippen LogP) is 0.177. The van der Waals surface area contributed by atoms with Crippen molar-refractivity contribution in [2.24, 2.45) is 5.73 Å². The van der Waals surface area contributed by atoms with Crippen LogP contribution in [-0.2, 0) is 4.79 Å². The van der Waals surface area contributed by atoms with Crippen LogP contribution in [0.4, 0.5) is 0 Å². The van der Waals surface area contributed by atoms with Crippen molar-refractivity contribution in [1.82, 2.24) is 5.32 Å². The average Bonchev–Trinajstić information content (AvgIpc) is 1.97. The molecule has 0 unspecified atom stereocenters. The van der Waals surface area contributed by atoms with E-state index in [1.807, 2.05) is 0 Å². The molecule has 12 heavy (non-hydrogen) atoms. The first kappa shape index (κ1) is 11.4. The number of hydrogen-bond donors (Lipinski definition) is 3. The summed E-state index contributed by atoms with van der Waals surface area (Å²) in [5.74, 6) is -0.917. The van der Waals surface area contributed by atoms with Crippen molar-refractivity contribution in [3.63, 3.8) is 0 Å². The van der Waals surface area contributed by atoms with Crippen molar-refractivity contribution < 1.29 is 9.90 Å². The molecule has 4 nitrogen and oxygen atoms in total. The molecule has 0 bridgehead atoms. The van der Waals surface area contributed by atoms with Crippen molar-refractivity contribution in [3.8, 4) is 0 Å². The highest BCUT2D eigenvalue weighted by molar-refractivity contribution is 5.72. The maximum Gasteiger partial charge on any atom is 0.320 e. The van der Waals surface area contributed by atoms with Gasteiger partial charge in [-0.25, -0.2) is 0 Å². The van der Waals surface area contributed by atoms with Crippen molar-refractivity contribution in [2.45, 2.75) is 38.8 Å². The molecular weight excluding hydrogens is 156 g/mol. The highest BCUT2D eigenvalue weighted by Crippen LogP contribution is 1.93. The van der Waals surface area contributed by atoms with Crippen LogP contribution in [0.1, 0.15) is 26.7 Å². The van der Waals surface area contributed by atoms with E-state index in [-0.39, 0.29) is 0 Å². The largest absolute Gasteiger partial charge is 0.480 e. The fourth-order valence-corrected chi connectivity index (χ4v) is 0.836. The molecule has 0 aromatic rings. The number of rotatable bonds is 6. The summed E-state index contributed by atoms with van der Waals surface area (Å²) >= 11 is 0. The molecular formula is C8H18N2O2. The van der Waals surface area contributed by atoms with Crippen molar-refractivity contribution >= 4 is 5.97 Å². The zero-order valence-electron chi connectivity index (χ0n) is 7.71. The highest BCUT2D eigenvalue weighted by atomic mass is 16.4. The summed E-state index contributed by atoms with van der Waals surface area (Å²) in [7, 11) is 0. The summed E-state index contributed by atoms with van der Waals surface area (Å²) in [5, 5.41) is 11.6. The van der Waals surface area contributed by atoms with E-state index in [9.17, 15) is 4.79 Å². The third-order valence-electron chi connectivity index (χ3n) is 1.56. The SMILES string of the molecule is CC(C)NCCC[C@H](N)C(=O)O. The lowest BCUT2D eigenvalue weighted by molar-refractivity contribution is -0.138. The lowest BCUT2D eigenvalue weighted by Crippen LogP contribution is -2.31. The monoisotopic (exact) mass is 174 g/mol. The van der Waals surface area contributed by atoms with Crippen LogP contribution in [0, 0.1) is 0 Å². The molecule has 0 aliphatic rings. The molecule has 0 radical (unpaired) electrons. The Bertz CT molecular complexity index is 137. The van der Waals surface area contributed by atoms with E-state index in [2.05, 4.69) is 19.2 Å². The average molecular weight is 174 g/mol. The molecule has 0 rings (SSSR count). The van der Waals surface area contributed by atoms with Gasteiger partial charge in [-0.05, 0) is 19.4 Å². The molecule has 0 amide bonds. The van der Waals surface area contributed by atoms with Gasteiger partial charge in [-0.1, -0.05) is 13.8 Å². The summed E-state index contributed by atoms with van der Waals surface area (Å²) in [6, 6.07) is -0.259. The molecule has 0 aromatic heterocycles. The molecule has 0 aliphatic heterocycles. The maximum absolute atomic E-state index is 10.3. The van der Waals surface area contributed by atoms with Gasteiger partial charge in [-0.3, -0.25) is 4.79 Å². The van der Waals surface area contributed by atoms with Crippen LogP contribution in [0.15, 0.2) is 0 Å². The number of carboxylic acids is 1. The van der Waals surface area contributed by atoms with Crippen LogP contribution in [-0.4, -0.2) is 29.7 Å². The molecule has 72 valence electrons. The van der Waals surface area contributed by atoms with Gasteiger partial charge in [0.1, 0.15) is 6.04 Å². The Hall–Kier alpha value is -0.610. The van der Waals surface area contributed by atoms with Crippen molar-refractivity contribution in [1.29, 1.82) is 0 Å². The summed E-state index contributed by atoms with van der Waals surface area (Å²) in [6.07, 6.45) is 1.35. The van der Waals surface area contributed by atoms with Crippen LogP contribution in [0.25, 0.3) is 0 Å². The van der Waals surface area contributed by atoms with Crippen LogP contribution in [0.3, 0.4) is 0 Å². The second-order valence-electron chi connectivity index (χ2n) is 3.20. The third-order valence-corrected chi connectivity index (χ3v) is 1.56. The van der Waals surface area contributed by atoms with Gasteiger partial charge in [0.15, 0.2) is 0 Å². The standard InChI is InChI=1S/C8H18N2O2/c1-6(2)10-5-3-4-7(9)8(11)12/h6-7,10H,3-5,9H2,1-2H3,(H,11,12)/t7-/m0/s1. The summed E-state index contributed by atoms with van der Waals surface area (Å²) in [6.45, 7) is 4.94. The molecule has 0 aliphatic carbocycles. The van der Waals surface area contributed by atoms with Crippen molar-refractivity contribution in [3.05, 3.63) is 0 Å². The fourth-order valence-electron chi connectivity index (χ4n) is 0.836.